The molecule has 190 valence electrons. The number of rotatable bonds is 9. The number of Topliss-reactive ketones (excluding diaryl/α,β-unsaturated/α-hetero) is 1. The van der Waals surface area contributed by atoms with Gasteiger partial charge in [0.1, 0.15) is 23.2 Å². The fourth-order valence-electron chi connectivity index (χ4n) is 4.21. The Morgan fingerprint density at radius 2 is 1.89 bits per heavy atom. The van der Waals surface area contributed by atoms with Gasteiger partial charge in [-0.05, 0) is 57.1 Å². The molecule has 1 heterocycles. The first kappa shape index (κ1) is 26.5. The van der Waals surface area contributed by atoms with Crippen molar-refractivity contribution in [1.82, 2.24) is 5.32 Å². The Kier molecular flexibility index (Phi) is 9.53. The van der Waals surface area contributed by atoms with Crippen LogP contribution in [0.15, 0.2) is 18.2 Å². The zero-order valence-corrected chi connectivity index (χ0v) is 20.1. The zero-order chi connectivity index (χ0) is 25.4. The second-order valence-electron chi connectivity index (χ2n) is 8.95. The minimum atomic E-state index is -1.38. The smallest absolute Gasteiger partial charge is 0.534 e. The summed E-state index contributed by atoms with van der Waals surface area (Å²) < 4.78 is 21.1. The van der Waals surface area contributed by atoms with Crippen LogP contribution in [0, 0.1) is 0 Å². The third kappa shape index (κ3) is 7.98. The average Bonchev–Trinajstić information content (AvgIpc) is 2.79. The maximum atomic E-state index is 12.7. The van der Waals surface area contributed by atoms with Crippen molar-refractivity contribution in [2.75, 3.05) is 0 Å². The van der Waals surface area contributed by atoms with E-state index in [0.29, 0.717) is 18.4 Å². The number of esters is 1. The van der Waals surface area contributed by atoms with Crippen molar-refractivity contribution in [2.45, 2.75) is 90.0 Å². The molecule has 11 heteroatoms. The third-order valence-corrected chi connectivity index (χ3v) is 5.97. The van der Waals surface area contributed by atoms with Crippen molar-refractivity contribution in [3.05, 3.63) is 29.3 Å². The fraction of sp³-hybridized carbons (Fsp3) is 0.583. The van der Waals surface area contributed by atoms with E-state index in [2.05, 4.69) is 5.32 Å². The zero-order valence-electron chi connectivity index (χ0n) is 20.1. The monoisotopic (exact) mass is 489 g/mol. The highest BCUT2D eigenvalue weighted by molar-refractivity contribution is 6.47. The Labute approximate surface area is 204 Å². The minimum absolute atomic E-state index is 0.00742. The number of amides is 1. The molecule has 2 unspecified atom stereocenters. The van der Waals surface area contributed by atoms with Crippen LogP contribution in [0.3, 0.4) is 0 Å². The summed E-state index contributed by atoms with van der Waals surface area (Å²) in [5, 5.41) is 13.1. The Bertz CT molecular complexity index is 932. The lowest BCUT2D eigenvalue weighted by atomic mass is 9.72. The lowest BCUT2D eigenvalue weighted by Crippen LogP contribution is -2.53. The van der Waals surface area contributed by atoms with E-state index in [4.69, 9.17) is 18.9 Å². The predicted octanol–water partition coefficient (Wildman–Crippen LogP) is 2.87. The largest absolute Gasteiger partial charge is 0.547 e. The first-order valence-corrected chi connectivity index (χ1v) is 12.1. The van der Waals surface area contributed by atoms with Crippen LogP contribution in [0.2, 0.25) is 0 Å². The first-order chi connectivity index (χ1) is 16.7. The molecule has 0 spiro atoms. The number of hydrogen-bond donors (Lipinski definition) is 2. The number of nitrogens with one attached hydrogen (secondary N) is 1. The van der Waals surface area contributed by atoms with E-state index in [-0.39, 0.29) is 41.9 Å². The van der Waals surface area contributed by atoms with Gasteiger partial charge in [0.05, 0.1) is 5.94 Å². The van der Waals surface area contributed by atoms with Gasteiger partial charge in [-0.2, -0.15) is 0 Å². The summed E-state index contributed by atoms with van der Waals surface area (Å²) >= 11 is 0. The number of para-hydroxylation sites is 1. The maximum absolute atomic E-state index is 12.7. The van der Waals surface area contributed by atoms with Crippen molar-refractivity contribution < 1.29 is 43.1 Å². The van der Waals surface area contributed by atoms with Gasteiger partial charge in [0.15, 0.2) is 0 Å². The van der Waals surface area contributed by atoms with Crippen molar-refractivity contribution in [3.63, 3.8) is 0 Å². The van der Waals surface area contributed by atoms with Gasteiger partial charge in [-0.25, -0.2) is 9.59 Å². The Balaban J connectivity index is 1.54. The highest BCUT2D eigenvalue weighted by atomic mass is 16.8. The van der Waals surface area contributed by atoms with Crippen LogP contribution in [-0.4, -0.2) is 54.3 Å². The number of fused-ring (bicyclic) bond motifs is 1. The molecule has 10 nitrogen and oxygen atoms in total. The van der Waals surface area contributed by atoms with Gasteiger partial charge in [0.2, 0.25) is 12.2 Å². The molecule has 1 aliphatic carbocycles. The summed E-state index contributed by atoms with van der Waals surface area (Å²) in [5.41, 5.74) is 0.660. The molecule has 1 saturated carbocycles. The Hall–Kier alpha value is -3.08. The maximum Gasteiger partial charge on any atom is 0.547 e. The molecule has 0 aromatic heterocycles. The van der Waals surface area contributed by atoms with E-state index in [1.165, 1.54) is 19.9 Å². The Morgan fingerprint density at radius 3 is 2.60 bits per heavy atom. The molecule has 0 saturated heterocycles. The predicted molar refractivity (Wildman–Crippen MR) is 125 cm³/mol. The minimum Gasteiger partial charge on any atom is -0.534 e. The molecule has 2 aliphatic rings. The van der Waals surface area contributed by atoms with Crippen molar-refractivity contribution >= 4 is 30.9 Å². The lowest BCUT2D eigenvalue weighted by Gasteiger charge is -2.29. The van der Waals surface area contributed by atoms with Crippen LogP contribution in [0.25, 0.3) is 0 Å². The summed E-state index contributed by atoms with van der Waals surface area (Å²) in [4.78, 5) is 47.9. The van der Waals surface area contributed by atoms with Crippen molar-refractivity contribution in [1.29, 1.82) is 0 Å². The molecule has 3 rings (SSSR count). The van der Waals surface area contributed by atoms with Crippen molar-refractivity contribution in [3.8, 4) is 5.75 Å². The van der Waals surface area contributed by atoms with Crippen LogP contribution in [0.5, 0.6) is 5.75 Å². The fourth-order valence-corrected chi connectivity index (χ4v) is 4.21. The molecular formula is C24H32BNO9. The molecule has 35 heavy (non-hydrogen) atoms. The van der Waals surface area contributed by atoms with E-state index < -0.39 is 31.5 Å². The summed E-state index contributed by atoms with van der Waals surface area (Å²) in [5.74, 6) is -1.66. The summed E-state index contributed by atoms with van der Waals surface area (Å²) in [7, 11) is -1.38. The van der Waals surface area contributed by atoms with E-state index >= 15 is 0 Å². The average molecular weight is 489 g/mol. The molecule has 2 atom stereocenters. The molecular weight excluding hydrogens is 457 g/mol. The van der Waals surface area contributed by atoms with Gasteiger partial charge in [0, 0.05) is 19.8 Å². The van der Waals surface area contributed by atoms with Crippen LogP contribution >= 0.6 is 0 Å². The second-order valence-corrected chi connectivity index (χ2v) is 8.95. The van der Waals surface area contributed by atoms with Gasteiger partial charge in [-0.15, -0.1) is 0 Å². The standard InChI is InChI=1S/C24H32BNO9/c1-15(27)8-6-13-21(28)26-20-14-17-9-7-12-19(22(17)35-25(20)31)23(29)32-16(2)33-24(30)34-18-10-4-3-5-11-18/h7,9,12,16,18,20,31H,3-6,8,10-11,13-14H2,1-2H3,(H,26,28). The molecule has 1 aliphatic heterocycles. The highest BCUT2D eigenvalue weighted by Crippen LogP contribution is 2.31. The molecule has 0 bridgehead atoms. The van der Waals surface area contributed by atoms with Gasteiger partial charge < -0.3 is 34.0 Å². The van der Waals surface area contributed by atoms with E-state index in [9.17, 15) is 24.2 Å². The van der Waals surface area contributed by atoms with Crippen LogP contribution in [-0.2, 0) is 30.2 Å². The third-order valence-electron chi connectivity index (χ3n) is 5.97. The molecule has 2 N–H and O–H groups in total. The van der Waals surface area contributed by atoms with Gasteiger partial charge >= 0.3 is 19.2 Å². The Morgan fingerprint density at radius 1 is 1.14 bits per heavy atom. The molecule has 1 amide bonds. The van der Waals surface area contributed by atoms with Gasteiger partial charge in [0.25, 0.3) is 0 Å². The van der Waals surface area contributed by atoms with Crippen LogP contribution in [0.1, 0.15) is 81.1 Å². The SMILES string of the molecule is CC(=O)CCCC(=O)NC1Cc2cccc(C(=O)OC(C)OC(=O)OC3CCCCC3)c2OB1O. The van der Waals surface area contributed by atoms with Gasteiger partial charge in [-0.1, -0.05) is 18.6 Å². The number of benzene rings is 1. The number of carbonyl (C=O) groups is 4. The van der Waals surface area contributed by atoms with E-state index in [1.807, 2.05) is 0 Å². The molecule has 0 radical (unpaired) electrons. The summed E-state index contributed by atoms with van der Waals surface area (Å²) in [6, 6.07) is 4.82. The second kappa shape index (κ2) is 12.6. The van der Waals surface area contributed by atoms with Crippen molar-refractivity contribution in [2.24, 2.45) is 0 Å². The molecule has 1 fully saturated rings. The molecule has 1 aromatic carbocycles. The number of ketones is 1. The first-order valence-electron chi connectivity index (χ1n) is 12.1. The number of ether oxygens (including phenoxy) is 3. The van der Waals surface area contributed by atoms with Crippen LogP contribution in [0.4, 0.5) is 4.79 Å². The van der Waals surface area contributed by atoms with E-state index in [0.717, 1.165) is 32.1 Å². The number of carbonyl (C=O) groups excluding carboxylic acids is 4. The quantitative estimate of drug-likeness (QED) is 0.305. The molecule has 1 aromatic rings. The van der Waals surface area contributed by atoms with Crippen LogP contribution < -0.4 is 9.97 Å². The lowest BCUT2D eigenvalue weighted by molar-refractivity contribution is -0.122. The van der Waals surface area contributed by atoms with Gasteiger partial charge in [-0.3, -0.25) is 4.79 Å². The topological polar surface area (TPSA) is 137 Å². The van der Waals surface area contributed by atoms with E-state index in [1.54, 1.807) is 12.1 Å². The highest BCUT2D eigenvalue weighted by Gasteiger charge is 2.38. The number of hydrogen-bond acceptors (Lipinski definition) is 9. The summed E-state index contributed by atoms with van der Waals surface area (Å²) in [6.45, 7) is 2.87. The normalized spacial score (nSPS) is 18.5. The summed E-state index contributed by atoms with van der Waals surface area (Å²) in [6.07, 6.45) is 3.56.